The van der Waals surface area contributed by atoms with Crippen LogP contribution in [-0.2, 0) is 0 Å². The molecule has 0 aliphatic carbocycles. The molecule has 4 rings (SSSR count). The molecular formula is C26H24N2O5. The molecule has 1 N–H and O–H groups in total. The van der Waals surface area contributed by atoms with E-state index in [-0.39, 0.29) is 17.6 Å². The largest absolute Gasteiger partial charge is 0.497 e. The highest BCUT2D eigenvalue weighted by atomic mass is 16.5. The number of methoxy groups -OCH3 is 3. The van der Waals surface area contributed by atoms with Crippen LogP contribution in [0.4, 0.5) is 0 Å². The van der Waals surface area contributed by atoms with Gasteiger partial charge in [-0.2, -0.15) is 0 Å². The molecule has 4 aromatic rings. The van der Waals surface area contributed by atoms with Gasteiger partial charge < -0.3 is 24.1 Å². The van der Waals surface area contributed by atoms with Crippen molar-refractivity contribution in [1.82, 2.24) is 10.5 Å². The number of ether oxygens (including phenoxy) is 3. The number of nitrogens with one attached hydrogen (secondary N) is 1. The molecule has 0 radical (unpaired) electrons. The molecule has 0 saturated heterocycles. The maximum atomic E-state index is 13.1. The van der Waals surface area contributed by atoms with Crippen molar-refractivity contribution in [2.24, 2.45) is 0 Å². The third kappa shape index (κ3) is 4.82. The van der Waals surface area contributed by atoms with Gasteiger partial charge in [0.05, 0.1) is 32.9 Å². The summed E-state index contributed by atoms with van der Waals surface area (Å²) in [5.41, 5.74) is 2.64. The maximum Gasteiger partial charge on any atom is 0.274 e. The Hall–Kier alpha value is -4.26. The fourth-order valence-electron chi connectivity index (χ4n) is 3.52. The SMILES string of the molecule is COc1ccc(C(NC(=O)c2cc(-c3cc(OC)ccc3OC)on2)c2ccccc2)cc1. The molecule has 168 valence electrons. The van der Waals surface area contributed by atoms with E-state index in [9.17, 15) is 4.79 Å². The van der Waals surface area contributed by atoms with Crippen LogP contribution in [0.1, 0.15) is 27.7 Å². The summed E-state index contributed by atoms with van der Waals surface area (Å²) in [6.45, 7) is 0. The number of aromatic nitrogens is 1. The minimum Gasteiger partial charge on any atom is -0.497 e. The number of benzene rings is 3. The summed E-state index contributed by atoms with van der Waals surface area (Å²) in [6, 6.07) is 23.8. The van der Waals surface area contributed by atoms with Gasteiger partial charge >= 0.3 is 0 Å². The minimum atomic E-state index is -0.379. The zero-order chi connectivity index (χ0) is 23.2. The van der Waals surface area contributed by atoms with Crippen LogP contribution < -0.4 is 19.5 Å². The standard InChI is InChI=1S/C26H24N2O5/c1-30-19-11-9-18(10-12-19)25(17-7-5-4-6-8-17)27-26(29)22-16-24(33-28-22)21-15-20(31-2)13-14-23(21)32-3/h4-16,25H,1-3H3,(H,27,29). The molecule has 0 aliphatic rings. The third-order valence-electron chi connectivity index (χ3n) is 5.27. The second-order valence-corrected chi connectivity index (χ2v) is 7.23. The minimum absolute atomic E-state index is 0.157. The van der Waals surface area contributed by atoms with Gasteiger partial charge in [0, 0.05) is 6.07 Å². The van der Waals surface area contributed by atoms with Crippen molar-refractivity contribution in [1.29, 1.82) is 0 Å². The van der Waals surface area contributed by atoms with Crippen LogP contribution in [0.2, 0.25) is 0 Å². The van der Waals surface area contributed by atoms with Crippen LogP contribution in [0, 0.1) is 0 Å². The average Bonchev–Trinajstić information content (AvgIpc) is 3.38. The van der Waals surface area contributed by atoms with E-state index in [0.29, 0.717) is 22.8 Å². The van der Waals surface area contributed by atoms with Crippen LogP contribution >= 0.6 is 0 Å². The zero-order valence-corrected chi connectivity index (χ0v) is 18.6. The van der Waals surface area contributed by atoms with Crippen molar-refractivity contribution in [3.63, 3.8) is 0 Å². The van der Waals surface area contributed by atoms with E-state index in [0.717, 1.165) is 16.9 Å². The molecule has 1 heterocycles. The third-order valence-corrected chi connectivity index (χ3v) is 5.27. The molecule has 7 nitrogen and oxygen atoms in total. The van der Waals surface area contributed by atoms with Gasteiger partial charge in [-0.25, -0.2) is 0 Å². The van der Waals surface area contributed by atoms with Gasteiger partial charge in [0.15, 0.2) is 11.5 Å². The first-order chi connectivity index (χ1) is 16.1. The number of hydrogen-bond donors (Lipinski definition) is 1. The molecule has 1 unspecified atom stereocenters. The summed E-state index contributed by atoms with van der Waals surface area (Å²) in [4.78, 5) is 13.1. The summed E-state index contributed by atoms with van der Waals surface area (Å²) in [6.07, 6.45) is 0. The number of rotatable bonds is 8. The van der Waals surface area contributed by atoms with Crippen LogP contribution in [0.5, 0.6) is 17.2 Å². The topological polar surface area (TPSA) is 82.8 Å². The van der Waals surface area contributed by atoms with Crippen molar-refractivity contribution >= 4 is 5.91 Å². The second-order valence-electron chi connectivity index (χ2n) is 7.23. The first-order valence-electron chi connectivity index (χ1n) is 10.3. The Morgan fingerprint density at radius 1 is 0.818 bits per heavy atom. The molecule has 3 aromatic carbocycles. The Bertz CT molecular complexity index is 1220. The normalized spacial score (nSPS) is 11.5. The Balaban J connectivity index is 1.62. The van der Waals surface area contributed by atoms with Crippen LogP contribution in [0.3, 0.4) is 0 Å². The van der Waals surface area contributed by atoms with Gasteiger partial charge in [-0.15, -0.1) is 0 Å². The first-order valence-corrected chi connectivity index (χ1v) is 10.3. The predicted molar refractivity (Wildman–Crippen MR) is 124 cm³/mol. The highest BCUT2D eigenvalue weighted by Crippen LogP contribution is 2.34. The number of carbonyl (C=O) groups is 1. The molecule has 0 fully saturated rings. The molecule has 0 spiro atoms. The fraction of sp³-hybridized carbons (Fsp3) is 0.154. The van der Waals surface area contributed by atoms with Gasteiger partial charge in [-0.1, -0.05) is 47.6 Å². The Morgan fingerprint density at radius 2 is 1.48 bits per heavy atom. The Morgan fingerprint density at radius 3 is 2.15 bits per heavy atom. The summed E-state index contributed by atoms with van der Waals surface area (Å²) in [5, 5.41) is 7.05. The Kier molecular flexibility index (Phi) is 6.59. The smallest absolute Gasteiger partial charge is 0.274 e. The average molecular weight is 444 g/mol. The zero-order valence-electron chi connectivity index (χ0n) is 18.6. The molecular weight excluding hydrogens is 420 g/mol. The first kappa shape index (κ1) is 22.0. The predicted octanol–water partition coefficient (Wildman–Crippen LogP) is 4.89. The summed E-state index contributed by atoms with van der Waals surface area (Å²) >= 11 is 0. The lowest BCUT2D eigenvalue weighted by Gasteiger charge is -2.19. The van der Waals surface area contributed by atoms with Crippen molar-refractivity contribution in [3.8, 4) is 28.6 Å². The summed E-state index contributed by atoms with van der Waals surface area (Å²) in [7, 11) is 4.76. The van der Waals surface area contributed by atoms with E-state index < -0.39 is 0 Å². The van der Waals surface area contributed by atoms with E-state index in [4.69, 9.17) is 18.7 Å². The van der Waals surface area contributed by atoms with Crippen molar-refractivity contribution in [3.05, 3.63) is 95.7 Å². The number of carbonyl (C=O) groups excluding carboxylic acids is 1. The van der Waals surface area contributed by atoms with Gasteiger partial charge in [0.2, 0.25) is 0 Å². The molecule has 0 bridgehead atoms. The van der Waals surface area contributed by atoms with Crippen molar-refractivity contribution in [2.75, 3.05) is 21.3 Å². The van der Waals surface area contributed by atoms with Crippen LogP contribution in [0.15, 0.2) is 83.4 Å². The Labute approximate surface area is 191 Å². The number of hydrogen-bond acceptors (Lipinski definition) is 6. The maximum absolute atomic E-state index is 13.1. The van der Waals surface area contributed by atoms with E-state index in [1.807, 2.05) is 54.6 Å². The summed E-state index contributed by atoms with van der Waals surface area (Å²) < 4.78 is 21.4. The monoisotopic (exact) mass is 444 g/mol. The van der Waals surface area contributed by atoms with E-state index in [1.165, 1.54) is 0 Å². The van der Waals surface area contributed by atoms with Gasteiger partial charge in [0.25, 0.3) is 5.91 Å². The quantitative estimate of drug-likeness (QED) is 0.417. The molecule has 1 aromatic heterocycles. The van der Waals surface area contributed by atoms with E-state index >= 15 is 0 Å². The molecule has 1 amide bonds. The molecule has 7 heteroatoms. The lowest BCUT2D eigenvalue weighted by molar-refractivity contribution is 0.0934. The highest BCUT2D eigenvalue weighted by molar-refractivity contribution is 5.93. The van der Waals surface area contributed by atoms with Gasteiger partial charge in [0.1, 0.15) is 17.2 Å². The van der Waals surface area contributed by atoms with E-state index in [2.05, 4.69) is 10.5 Å². The van der Waals surface area contributed by atoms with Gasteiger partial charge in [-0.3, -0.25) is 4.79 Å². The van der Waals surface area contributed by atoms with Crippen molar-refractivity contribution in [2.45, 2.75) is 6.04 Å². The lowest BCUT2D eigenvalue weighted by atomic mass is 9.98. The summed E-state index contributed by atoms with van der Waals surface area (Å²) in [5.74, 6) is 1.99. The fourth-order valence-corrected chi connectivity index (χ4v) is 3.52. The lowest BCUT2D eigenvalue weighted by Crippen LogP contribution is -2.29. The van der Waals surface area contributed by atoms with Gasteiger partial charge in [-0.05, 0) is 41.5 Å². The number of nitrogens with zero attached hydrogens (tertiary/aromatic N) is 1. The molecule has 33 heavy (non-hydrogen) atoms. The van der Waals surface area contributed by atoms with Crippen LogP contribution in [-0.4, -0.2) is 32.4 Å². The molecule has 0 aliphatic heterocycles. The highest BCUT2D eigenvalue weighted by Gasteiger charge is 2.22. The molecule has 1 atom stereocenters. The van der Waals surface area contributed by atoms with E-state index in [1.54, 1.807) is 45.6 Å². The second kappa shape index (κ2) is 9.91. The molecule has 0 saturated carbocycles. The van der Waals surface area contributed by atoms with Crippen molar-refractivity contribution < 1.29 is 23.5 Å². The number of amides is 1. The van der Waals surface area contributed by atoms with Crippen LogP contribution in [0.25, 0.3) is 11.3 Å².